The van der Waals surface area contributed by atoms with E-state index in [1.165, 1.54) is 11.6 Å². The molecule has 7 heteroatoms. The first kappa shape index (κ1) is 21.5. The minimum absolute atomic E-state index is 0.200. The topological polar surface area (TPSA) is 80.3 Å². The van der Waals surface area contributed by atoms with Crippen LogP contribution in [0.25, 0.3) is 28.6 Å². The Morgan fingerprint density at radius 1 is 1.19 bits per heavy atom. The molecular weight excluding hydrogens is 422 g/mol. The predicted molar refractivity (Wildman–Crippen MR) is 130 cm³/mol. The Morgan fingerprint density at radius 3 is 2.72 bits per heavy atom. The zero-order valence-corrected chi connectivity index (χ0v) is 18.6. The fourth-order valence-corrected chi connectivity index (χ4v) is 3.38. The SMILES string of the molecule is CC[C@H](C)c1ccc2oc(-c3ccc(NC(=S)NC(=O)/C=C/c4ccco4)cc3)nc2c1. The van der Waals surface area contributed by atoms with Gasteiger partial charge in [0.15, 0.2) is 10.7 Å². The van der Waals surface area contributed by atoms with Crippen LogP contribution in [-0.4, -0.2) is 16.0 Å². The Kier molecular flexibility index (Phi) is 6.47. The third-order valence-electron chi connectivity index (χ3n) is 5.16. The van der Waals surface area contributed by atoms with Crippen molar-refractivity contribution in [2.24, 2.45) is 0 Å². The zero-order valence-electron chi connectivity index (χ0n) is 17.8. The number of aromatic nitrogens is 1. The molecule has 2 aromatic carbocycles. The molecule has 2 N–H and O–H groups in total. The number of oxazole rings is 1. The molecule has 4 rings (SSSR count). The first-order valence-electron chi connectivity index (χ1n) is 10.4. The van der Waals surface area contributed by atoms with Crippen LogP contribution in [0.2, 0.25) is 0 Å². The van der Waals surface area contributed by atoms with Gasteiger partial charge >= 0.3 is 0 Å². The number of hydrogen-bond acceptors (Lipinski definition) is 5. The summed E-state index contributed by atoms with van der Waals surface area (Å²) in [5, 5.41) is 5.79. The van der Waals surface area contributed by atoms with Crippen LogP contribution in [-0.2, 0) is 4.79 Å². The average Bonchev–Trinajstić information content (AvgIpc) is 3.46. The summed E-state index contributed by atoms with van der Waals surface area (Å²) in [4.78, 5) is 16.6. The Bertz CT molecular complexity index is 1260. The minimum atomic E-state index is -0.348. The molecule has 0 aliphatic rings. The molecule has 0 saturated carbocycles. The van der Waals surface area contributed by atoms with Crippen molar-refractivity contribution < 1.29 is 13.6 Å². The molecule has 2 heterocycles. The molecule has 2 aromatic heterocycles. The lowest BCUT2D eigenvalue weighted by Gasteiger charge is -2.08. The maximum absolute atomic E-state index is 12.0. The van der Waals surface area contributed by atoms with Gasteiger partial charge in [-0.2, -0.15) is 0 Å². The van der Waals surface area contributed by atoms with E-state index in [1.54, 1.807) is 24.5 Å². The molecule has 0 unspecified atom stereocenters. The largest absolute Gasteiger partial charge is 0.465 e. The molecule has 0 spiro atoms. The summed E-state index contributed by atoms with van der Waals surface area (Å²) in [5.41, 5.74) is 4.47. The number of hydrogen-bond donors (Lipinski definition) is 2. The van der Waals surface area contributed by atoms with Gasteiger partial charge in [0.25, 0.3) is 0 Å². The van der Waals surface area contributed by atoms with Gasteiger partial charge < -0.3 is 14.2 Å². The van der Waals surface area contributed by atoms with Crippen molar-refractivity contribution in [3.63, 3.8) is 0 Å². The molecule has 0 aliphatic heterocycles. The fourth-order valence-electron chi connectivity index (χ4n) is 3.17. The van der Waals surface area contributed by atoms with Crippen LogP contribution in [0.4, 0.5) is 5.69 Å². The molecule has 162 valence electrons. The first-order chi connectivity index (χ1) is 15.5. The normalized spacial score (nSPS) is 12.2. The number of furan rings is 1. The smallest absolute Gasteiger partial charge is 0.250 e. The fraction of sp³-hybridized carbons (Fsp3) is 0.160. The number of nitrogens with one attached hydrogen (secondary N) is 2. The van der Waals surface area contributed by atoms with Gasteiger partial charge in [0.05, 0.1) is 6.26 Å². The van der Waals surface area contributed by atoms with Crippen LogP contribution < -0.4 is 10.6 Å². The highest BCUT2D eigenvalue weighted by Gasteiger charge is 2.11. The van der Waals surface area contributed by atoms with Gasteiger partial charge in [-0.15, -0.1) is 0 Å². The van der Waals surface area contributed by atoms with Gasteiger partial charge in [-0.05, 0) is 84.7 Å². The number of carbonyl (C=O) groups excluding carboxylic acids is 1. The number of nitrogens with zero attached hydrogens (tertiary/aromatic N) is 1. The summed E-state index contributed by atoms with van der Waals surface area (Å²) >= 11 is 5.21. The van der Waals surface area contributed by atoms with Crippen molar-refractivity contribution in [1.82, 2.24) is 10.3 Å². The summed E-state index contributed by atoms with van der Waals surface area (Å²) in [6.45, 7) is 4.38. The lowest BCUT2D eigenvalue weighted by molar-refractivity contribution is -0.115. The summed E-state index contributed by atoms with van der Waals surface area (Å²) in [6.07, 6.45) is 5.54. The molecule has 4 aromatic rings. The van der Waals surface area contributed by atoms with Crippen LogP contribution in [0.1, 0.15) is 37.5 Å². The average molecular weight is 446 g/mol. The van der Waals surface area contributed by atoms with Gasteiger partial charge in [-0.3, -0.25) is 10.1 Å². The second-order valence-corrected chi connectivity index (χ2v) is 7.83. The van der Waals surface area contributed by atoms with E-state index >= 15 is 0 Å². The van der Waals surface area contributed by atoms with Crippen molar-refractivity contribution in [3.8, 4) is 11.5 Å². The third-order valence-corrected chi connectivity index (χ3v) is 5.37. The van der Waals surface area contributed by atoms with Crippen molar-refractivity contribution in [3.05, 3.63) is 78.3 Å². The quantitative estimate of drug-likeness (QED) is 0.275. The zero-order chi connectivity index (χ0) is 22.5. The van der Waals surface area contributed by atoms with Crippen molar-refractivity contribution >= 4 is 46.1 Å². The number of thiocarbonyl (C=S) groups is 1. The van der Waals surface area contributed by atoms with E-state index < -0.39 is 0 Å². The van der Waals surface area contributed by atoms with Crippen LogP contribution in [0.5, 0.6) is 0 Å². The lowest BCUT2D eigenvalue weighted by Crippen LogP contribution is -2.32. The van der Waals surface area contributed by atoms with E-state index in [2.05, 4.69) is 41.6 Å². The second-order valence-electron chi connectivity index (χ2n) is 7.42. The molecule has 1 atom stereocenters. The maximum Gasteiger partial charge on any atom is 0.250 e. The summed E-state index contributed by atoms with van der Waals surface area (Å²) < 4.78 is 11.1. The predicted octanol–water partition coefficient (Wildman–Crippen LogP) is 6.13. The van der Waals surface area contributed by atoms with Gasteiger partial charge in [0.1, 0.15) is 11.3 Å². The first-order valence-corrected chi connectivity index (χ1v) is 10.8. The number of anilines is 1. The standard InChI is InChI=1S/C25H23N3O3S/c1-3-16(2)18-8-12-22-21(15-18)27-24(31-22)17-6-9-19(10-7-17)26-25(32)28-23(29)13-11-20-5-4-14-30-20/h4-16H,3H2,1-2H3,(H2,26,28,29,32)/b13-11+/t16-/m0/s1. The minimum Gasteiger partial charge on any atom is -0.465 e. The van der Waals surface area contributed by atoms with Crippen LogP contribution >= 0.6 is 12.2 Å². The molecule has 1 amide bonds. The van der Waals surface area contributed by atoms with Crippen molar-refractivity contribution in [1.29, 1.82) is 0 Å². The van der Waals surface area contributed by atoms with Crippen LogP contribution in [0.15, 0.2) is 75.8 Å². The van der Waals surface area contributed by atoms with Crippen LogP contribution in [0.3, 0.4) is 0 Å². The Morgan fingerprint density at radius 2 is 2.00 bits per heavy atom. The Hall–Kier alpha value is -3.71. The van der Waals surface area contributed by atoms with Gasteiger partial charge in [0.2, 0.25) is 11.8 Å². The maximum atomic E-state index is 12.0. The van der Waals surface area contributed by atoms with Crippen LogP contribution in [0, 0.1) is 0 Å². The highest BCUT2D eigenvalue weighted by Crippen LogP contribution is 2.28. The van der Waals surface area contributed by atoms with Gasteiger partial charge in [-0.25, -0.2) is 4.98 Å². The highest BCUT2D eigenvalue weighted by molar-refractivity contribution is 7.80. The van der Waals surface area contributed by atoms with E-state index in [0.29, 0.717) is 17.6 Å². The highest BCUT2D eigenvalue weighted by atomic mass is 32.1. The Labute approximate surface area is 191 Å². The molecule has 0 fully saturated rings. The third kappa shape index (κ3) is 5.12. The molecule has 0 saturated heterocycles. The summed E-state index contributed by atoms with van der Waals surface area (Å²) in [5.74, 6) is 1.28. The lowest BCUT2D eigenvalue weighted by atomic mass is 9.98. The number of rotatable bonds is 6. The molecule has 0 aliphatic carbocycles. The monoisotopic (exact) mass is 445 g/mol. The van der Waals surface area contributed by atoms with Gasteiger partial charge in [-0.1, -0.05) is 19.9 Å². The van der Waals surface area contributed by atoms with E-state index in [-0.39, 0.29) is 11.0 Å². The summed E-state index contributed by atoms with van der Waals surface area (Å²) in [7, 11) is 0. The summed E-state index contributed by atoms with van der Waals surface area (Å²) in [6, 6.07) is 17.2. The number of fused-ring (bicyclic) bond motifs is 1. The van der Waals surface area contributed by atoms with E-state index in [4.69, 9.17) is 21.1 Å². The Balaban J connectivity index is 1.39. The van der Waals surface area contributed by atoms with Crippen molar-refractivity contribution in [2.75, 3.05) is 5.32 Å². The molecule has 32 heavy (non-hydrogen) atoms. The van der Waals surface area contributed by atoms with Crippen molar-refractivity contribution in [2.45, 2.75) is 26.2 Å². The van der Waals surface area contributed by atoms with Gasteiger partial charge in [0, 0.05) is 17.3 Å². The molecular formula is C25H23N3O3S. The molecule has 0 bridgehead atoms. The second kappa shape index (κ2) is 9.62. The molecule has 0 radical (unpaired) electrons. The number of amides is 1. The molecule has 6 nitrogen and oxygen atoms in total. The number of benzene rings is 2. The van der Waals surface area contributed by atoms with E-state index in [9.17, 15) is 4.79 Å². The number of carbonyl (C=O) groups is 1. The van der Waals surface area contributed by atoms with E-state index in [0.717, 1.165) is 28.8 Å². The van der Waals surface area contributed by atoms with E-state index in [1.807, 2.05) is 30.3 Å².